The Hall–Kier alpha value is -3.46. The predicted molar refractivity (Wildman–Crippen MR) is 93.4 cm³/mol. The average molecular weight is 371 g/mol. The van der Waals surface area contributed by atoms with Crippen LogP contribution in [0.1, 0.15) is 17.4 Å². The number of β-amino-alcohol motifs (C(OH)–C–C–N with tert-alkyl or cyclic N) is 1. The van der Waals surface area contributed by atoms with Crippen molar-refractivity contribution >= 4 is 23.5 Å². The van der Waals surface area contributed by atoms with Gasteiger partial charge in [-0.05, 0) is 19.1 Å². The number of anilines is 1. The molecule has 140 valence electrons. The largest absolute Gasteiger partial charge is 0.461 e. The van der Waals surface area contributed by atoms with E-state index >= 15 is 0 Å². The molecule has 2 N–H and O–H groups in total. The van der Waals surface area contributed by atoms with Crippen LogP contribution in [-0.2, 0) is 14.3 Å². The summed E-state index contributed by atoms with van der Waals surface area (Å²) in [5.74, 6) is -1.49. The molecule has 0 aliphatic carbocycles. The Morgan fingerprint density at radius 2 is 2.11 bits per heavy atom. The van der Waals surface area contributed by atoms with E-state index < -0.39 is 17.8 Å². The van der Waals surface area contributed by atoms with E-state index in [2.05, 4.69) is 10.3 Å². The van der Waals surface area contributed by atoms with E-state index in [1.54, 1.807) is 31.2 Å². The number of esters is 1. The van der Waals surface area contributed by atoms with Crippen molar-refractivity contribution in [1.82, 2.24) is 9.88 Å². The molecule has 0 saturated carbocycles. The number of rotatable bonds is 7. The molecule has 1 aliphatic heterocycles. The molecular formula is C18H17N3O6. The molecule has 1 aromatic heterocycles. The average Bonchev–Trinajstić information content (AvgIpc) is 3.24. The fourth-order valence-corrected chi connectivity index (χ4v) is 2.53. The highest BCUT2D eigenvalue weighted by molar-refractivity contribution is 6.17. The van der Waals surface area contributed by atoms with Gasteiger partial charge in [0.25, 0.3) is 11.8 Å². The van der Waals surface area contributed by atoms with Crippen LogP contribution in [0.25, 0.3) is 11.5 Å². The molecule has 2 aromatic rings. The van der Waals surface area contributed by atoms with Crippen LogP contribution in [-0.4, -0.2) is 52.5 Å². The van der Waals surface area contributed by atoms with Gasteiger partial charge in [0.1, 0.15) is 12.0 Å². The van der Waals surface area contributed by atoms with Crippen molar-refractivity contribution in [2.24, 2.45) is 0 Å². The first kappa shape index (κ1) is 18.3. The quantitative estimate of drug-likeness (QED) is 0.549. The molecule has 9 heteroatoms. The van der Waals surface area contributed by atoms with Gasteiger partial charge in [0.05, 0.1) is 31.0 Å². The Bertz CT molecular complexity index is 917. The third-order valence-corrected chi connectivity index (χ3v) is 3.75. The molecule has 0 radical (unpaired) electrons. The number of aromatic nitrogens is 1. The molecule has 2 heterocycles. The summed E-state index contributed by atoms with van der Waals surface area (Å²) < 4.78 is 10.2. The van der Waals surface area contributed by atoms with E-state index in [9.17, 15) is 14.4 Å². The van der Waals surface area contributed by atoms with Gasteiger partial charge < -0.3 is 19.6 Å². The highest BCUT2D eigenvalue weighted by Gasteiger charge is 2.31. The lowest BCUT2D eigenvalue weighted by Crippen LogP contribution is -2.34. The van der Waals surface area contributed by atoms with Crippen molar-refractivity contribution in [2.75, 3.05) is 25.1 Å². The van der Waals surface area contributed by atoms with Crippen LogP contribution < -0.4 is 5.32 Å². The summed E-state index contributed by atoms with van der Waals surface area (Å²) in [5, 5.41) is 11.9. The van der Waals surface area contributed by atoms with E-state index in [0.717, 1.165) is 11.0 Å². The van der Waals surface area contributed by atoms with Gasteiger partial charge in [-0.3, -0.25) is 14.5 Å². The van der Waals surface area contributed by atoms with Crippen LogP contribution in [0.15, 0.2) is 46.7 Å². The van der Waals surface area contributed by atoms with Crippen LogP contribution in [0.3, 0.4) is 0 Å². The number of carbonyl (C=O) groups excluding carboxylic acids is 3. The van der Waals surface area contributed by atoms with Crippen LogP contribution in [0.2, 0.25) is 0 Å². The molecule has 0 bridgehead atoms. The Morgan fingerprint density at radius 1 is 1.33 bits per heavy atom. The van der Waals surface area contributed by atoms with Gasteiger partial charge in [-0.25, -0.2) is 9.78 Å². The maximum absolute atomic E-state index is 12.3. The minimum Gasteiger partial charge on any atom is -0.461 e. The van der Waals surface area contributed by atoms with Crippen LogP contribution in [0.5, 0.6) is 0 Å². The first-order valence-corrected chi connectivity index (χ1v) is 8.22. The zero-order valence-electron chi connectivity index (χ0n) is 14.5. The highest BCUT2D eigenvalue weighted by atomic mass is 16.5. The molecule has 0 fully saturated rings. The van der Waals surface area contributed by atoms with Gasteiger partial charge in [0.2, 0.25) is 5.89 Å². The minimum atomic E-state index is -0.600. The van der Waals surface area contributed by atoms with E-state index in [1.165, 1.54) is 6.26 Å². The summed E-state index contributed by atoms with van der Waals surface area (Å²) in [7, 11) is 0. The number of hydrogen-bond acceptors (Lipinski definition) is 8. The molecule has 2 amide bonds. The number of ether oxygens (including phenoxy) is 1. The Balaban J connectivity index is 1.86. The highest BCUT2D eigenvalue weighted by Crippen LogP contribution is 2.29. The van der Waals surface area contributed by atoms with Gasteiger partial charge in [-0.15, -0.1) is 0 Å². The number of aliphatic hydroxyl groups is 1. The number of hydrogen-bond donors (Lipinski definition) is 2. The molecule has 9 nitrogen and oxygen atoms in total. The van der Waals surface area contributed by atoms with E-state index in [0.29, 0.717) is 11.3 Å². The minimum absolute atomic E-state index is 0.0297. The third-order valence-electron chi connectivity index (χ3n) is 3.75. The van der Waals surface area contributed by atoms with E-state index in [1.807, 2.05) is 0 Å². The first-order chi connectivity index (χ1) is 13.0. The molecule has 1 aliphatic rings. The van der Waals surface area contributed by atoms with Crippen molar-refractivity contribution in [1.29, 1.82) is 0 Å². The van der Waals surface area contributed by atoms with Crippen LogP contribution in [0, 0.1) is 0 Å². The Morgan fingerprint density at radius 3 is 2.85 bits per heavy atom. The van der Waals surface area contributed by atoms with E-state index in [-0.39, 0.29) is 37.0 Å². The second-order valence-electron chi connectivity index (χ2n) is 5.51. The zero-order chi connectivity index (χ0) is 19.4. The molecule has 3 rings (SSSR count). The number of para-hydroxylation sites is 1. The normalized spacial score (nSPS) is 13.7. The molecule has 0 unspecified atom stereocenters. The lowest BCUT2D eigenvalue weighted by Gasteiger charge is -2.14. The summed E-state index contributed by atoms with van der Waals surface area (Å²) in [6.07, 6.45) is 2.35. The molecule has 1 aromatic carbocycles. The van der Waals surface area contributed by atoms with Crippen molar-refractivity contribution in [2.45, 2.75) is 6.92 Å². The SMILES string of the molecule is CCOC(=O)c1coc(-c2ccccc2NC2=CC(=O)N(CCO)C2=O)n1. The second kappa shape index (κ2) is 7.83. The van der Waals surface area contributed by atoms with Crippen LogP contribution >= 0.6 is 0 Å². The second-order valence-corrected chi connectivity index (χ2v) is 5.51. The summed E-state index contributed by atoms with van der Waals surface area (Å²) in [6.45, 7) is 1.51. The summed E-state index contributed by atoms with van der Waals surface area (Å²) in [6, 6.07) is 6.84. The standard InChI is InChI=1S/C18H17N3O6/c1-2-26-18(25)14-10-27-16(20-14)11-5-3-4-6-12(11)19-13-9-15(23)21(7-8-22)17(13)24/h3-6,9-10,19,22H,2,7-8H2,1H3. The maximum atomic E-state index is 12.3. The van der Waals surface area contributed by atoms with Crippen molar-refractivity contribution in [3.63, 3.8) is 0 Å². The van der Waals surface area contributed by atoms with Crippen molar-refractivity contribution in [3.8, 4) is 11.5 Å². The maximum Gasteiger partial charge on any atom is 0.360 e. The molecule has 0 spiro atoms. The van der Waals surface area contributed by atoms with Gasteiger partial charge in [-0.2, -0.15) is 0 Å². The van der Waals surface area contributed by atoms with Gasteiger partial charge in [0.15, 0.2) is 5.69 Å². The Labute approximate surface area is 154 Å². The van der Waals surface area contributed by atoms with Crippen molar-refractivity contribution < 1.29 is 28.6 Å². The fourth-order valence-electron chi connectivity index (χ4n) is 2.53. The smallest absolute Gasteiger partial charge is 0.360 e. The van der Waals surface area contributed by atoms with Gasteiger partial charge >= 0.3 is 5.97 Å². The fraction of sp³-hybridized carbons (Fsp3) is 0.222. The number of benzene rings is 1. The van der Waals surface area contributed by atoms with Crippen LogP contribution in [0.4, 0.5) is 5.69 Å². The van der Waals surface area contributed by atoms with Gasteiger partial charge in [-0.1, -0.05) is 12.1 Å². The molecule has 0 saturated heterocycles. The third kappa shape index (κ3) is 3.72. The lowest BCUT2D eigenvalue weighted by molar-refractivity contribution is -0.137. The Kier molecular flexibility index (Phi) is 5.32. The number of carbonyl (C=O) groups is 3. The molecular weight excluding hydrogens is 354 g/mol. The number of imide groups is 1. The number of nitrogens with zero attached hydrogens (tertiary/aromatic N) is 2. The van der Waals surface area contributed by atoms with E-state index in [4.69, 9.17) is 14.3 Å². The lowest BCUT2D eigenvalue weighted by atomic mass is 10.1. The number of oxazole rings is 1. The number of amides is 2. The molecule has 0 atom stereocenters. The summed E-state index contributed by atoms with van der Waals surface area (Å²) in [5.41, 5.74) is 1.06. The predicted octanol–water partition coefficient (Wildman–Crippen LogP) is 1.18. The van der Waals surface area contributed by atoms with Gasteiger partial charge in [0, 0.05) is 6.08 Å². The summed E-state index contributed by atoms with van der Waals surface area (Å²) in [4.78, 5) is 41.0. The monoisotopic (exact) mass is 371 g/mol. The first-order valence-electron chi connectivity index (χ1n) is 8.22. The van der Waals surface area contributed by atoms with Crippen molar-refractivity contribution in [3.05, 3.63) is 48.0 Å². The molecule has 27 heavy (non-hydrogen) atoms. The zero-order valence-corrected chi connectivity index (χ0v) is 14.5. The number of aliphatic hydroxyl groups excluding tert-OH is 1. The number of nitrogens with one attached hydrogen (secondary N) is 1. The topological polar surface area (TPSA) is 122 Å². The summed E-state index contributed by atoms with van der Waals surface area (Å²) >= 11 is 0.